The molecule has 136 valence electrons. The second-order valence-corrected chi connectivity index (χ2v) is 6.52. The Morgan fingerprint density at radius 3 is 1.46 bits per heavy atom. The molecule has 3 rings (SSSR count). The van der Waals surface area contributed by atoms with Gasteiger partial charge >= 0.3 is 0 Å². The minimum atomic E-state index is 0.0541. The number of amidine groups is 2. The quantitative estimate of drug-likeness (QED) is 0.472. The zero-order chi connectivity index (χ0) is 18.5. The monoisotopic (exact) mass is 352 g/mol. The van der Waals surface area contributed by atoms with Crippen molar-refractivity contribution in [2.45, 2.75) is 37.9 Å². The number of nitrogens with two attached hydrogens (primary N) is 2. The molecule has 0 spiro atoms. The van der Waals surface area contributed by atoms with Crippen molar-refractivity contribution in [2.24, 2.45) is 11.5 Å². The first-order valence-corrected chi connectivity index (χ1v) is 8.73. The maximum Gasteiger partial charge on any atom is 0.122 e. The highest BCUT2D eigenvalue weighted by Gasteiger charge is 2.24. The highest BCUT2D eigenvalue weighted by atomic mass is 16.5. The summed E-state index contributed by atoms with van der Waals surface area (Å²) >= 11 is 0. The molecular formula is C20H24N4O2. The fraction of sp³-hybridized carbons (Fsp3) is 0.300. The van der Waals surface area contributed by atoms with Crippen LogP contribution in [-0.2, 0) is 0 Å². The minimum absolute atomic E-state index is 0.0541. The van der Waals surface area contributed by atoms with Gasteiger partial charge in [-0.15, -0.1) is 0 Å². The lowest BCUT2D eigenvalue weighted by Gasteiger charge is -2.30. The van der Waals surface area contributed by atoms with Crippen LogP contribution in [0.3, 0.4) is 0 Å². The molecule has 2 aromatic rings. The van der Waals surface area contributed by atoms with Crippen molar-refractivity contribution in [3.63, 3.8) is 0 Å². The van der Waals surface area contributed by atoms with E-state index in [1.165, 1.54) is 0 Å². The van der Waals surface area contributed by atoms with Crippen LogP contribution in [-0.4, -0.2) is 23.9 Å². The van der Waals surface area contributed by atoms with Crippen LogP contribution in [0.5, 0.6) is 11.5 Å². The maximum atomic E-state index is 7.43. The molecule has 1 fully saturated rings. The van der Waals surface area contributed by atoms with Crippen LogP contribution in [0.25, 0.3) is 0 Å². The molecule has 2 atom stereocenters. The number of hydrogen-bond donors (Lipinski definition) is 4. The predicted octanol–water partition coefficient (Wildman–Crippen LogP) is 3.02. The van der Waals surface area contributed by atoms with Gasteiger partial charge in [0.25, 0.3) is 0 Å². The lowest BCUT2D eigenvalue weighted by atomic mass is 9.94. The molecular weight excluding hydrogens is 328 g/mol. The molecule has 6 heteroatoms. The Balaban J connectivity index is 1.56. The van der Waals surface area contributed by atoms with Crippen LogP contribution in [0.1, 0.15) is 36.8 Å². The summed E-state index contributed by atoms with van der Waals surface area (Å²) in [7, 11) is 0. The smallest absolute Gasteiger partial charge is 0.122 e. The standard InChI is InChI=1S/C20H24N4O2/c21-19(22)13-4-8-15(9-5-13)25-17-2-1-3-18(12-17)26-16-10-6-14(7-11-16)20(23)24/h4-11,17-18H,1-3,12H2,(H3,21,22)(H3,23,24)/t17-,18+. The first kappa shape index (κ1) is 17.8. The SMILES string of the molecule is N=C(N)c1ccc(O[C@@H]2CCC[C@H](Oc3ccc(C(=N)N)cc3)C2)cc1. The highest BCUT2D eigenvalue weighted by molar-refractivity contribution is 5.95. The summed E-state index contributed by atoms with van der Waals surface area (Å²) in [4.78, 5) is 0. The Morgan fingerprint density at radius 1 is 0.731 bits per heavy atom. The van der Waals surface area contributed by atoms with Crippen LogP contribution in [0, 0.1) is 10.8 Å². The average Bonchev–Trinajstić information content (AvgIpc) is 2.63. The third kappa shape index (κ3) is 4.53. The minimum Gasteiger partial charge on any atom is -0.490 e. The van der Waals surface area contributed by atoms with Gasteiger partial charge in [0.15, 0.2) is 0 Å². The predicted molar refractivity (Wildman–Crippen MR) is 102 cm³/mol. The van der Waals surface area contributed by atoms with E-state index in [-0.39, 0.29) is 23.9 Å². The second-order valence-electron chi connectivity index (χ2n) is 6.52. The summed E-state index contributed by atoms with van der Waals surface area (Å²) in [5.74, 6) is 1.68. The third-order valence-electron chi connectivity index (χ3n) is 4.51. The van der Waals surface area contributed by atoms with Crippen LogP contribution in [0.4, 0.5) is 0 Å². The van der Waals surface area contributed by atoms with Crippen LogP contribution >= 0.6 is 0 Å². The number of benzene rings is 2. The van der Waals surface area contributed by atoms with E-state index in [2.05, 4.69) is 0 Å². The topological polar surface area (TPSA) is 118 Å². The van der Waals surface area contributed by atoms with E-state index >= 15 is 0 Å². The van der Waals surface area contributed by atoms with Crippen molar-refractivity contribution in [3.05, 3.63) is 59.7 Å². The van der Waals surface area contributed by atoms with Crippen molar-refractivity contribution in [3.8, 4) is 11.5 Å². The maximum absolute atomic E-state index is 7.43. The molecule has 1 aliphatic carbocycles. The van der Waals surface area contributed by atoms with Crippen molar-refractivity contribution < 1.29 is 9.47 Å². The molecule has 1 saturated carbocycles. The summed E-state index contributed by atoms with van der Waals surface area (Å²) in [5.41, 5.74) is 12.3. The summed E-state index contributed by atoms with van der Waals surface area (Å²) < 4.78 is 12.1. The summed E-state index contributed by atoms with van der Waals surface area (Å²) in [6.07, 6.45) is 4.08. The summed E-state index contributed by atoms with van der Waals surface area (Å²) in [5, 5.41) is 14.9. The lowest BCUT2D eigenvalue weighted by molar-refractivity contribution is 0.0680. The van der Waals surface area contributed by atoms with Gasteiger partial charge in [-0.3, -0.25) is 10.8 Å². The molecule has 0 unspecified atom stereocenters. The van der Waals surface area contributed by atoms with E-state index in [9.17, 15) is 0 Å². The molecule has 0 bridgehead atoms. The van der Waals surface area contributed by atoms with E-state index in [0.29, 0.717) is 11.1 Å². The molecule has 0 saturated heterocycles. The first-order chi connectivity index (χ1) is 12.5. The Labute approximate surface area is 153 Å². The summed E-state index contributed by atoms with van der Waals surface area (Å²) in [6.45, 7) is 0. The molecule has 6 N–H and O–H groups in total. The molecule has 6 nitrogen and oxygen atoms in total. The van der Waals surface area contributed by atoms with E-state index in [1.54, 1.807) is 24.3 Å². The molecule has 0 aromatic heterocycles. The van der Waals surface area contributed by atoms with E-state index in [0.717, 1.165) is 37.2 Å². The number of hydrogen-bond acceptors (Lipinski definition) is 4. The van der Waals surface area contributed by atoms with E-state index in [4.69, 9.17) is 31.8 Å². The average molecular weight is 352 g/mol. The van der Waals surface area contributed by atoms with Gasteiger partial charge in [0.05, 0.1) is 0 Å². The van der Waals surface area contributed by atoms with Crippen LogP contribution < -0.4 is 20.9 Å². The van der Waals surface area contributed by atoms with Crippen molar-refractivity contribution in [2.75, 3.05) is 0 Å². The second kappa shape index (κ2) is 7.91. The van der Waals surface area contributed by atoms with Crippen molar-refractivity contribution in [1.82, 2.24) is 0 Å². The Morgan fingerprint density at radius 2 is 1.12 bits per heavy atom. The first-order valence-electron chi connectivity index (χ1n) is 8.73. The number of nitrogen functional groups attached to an aromatic ring is 2. The van der Waals surface area contributed by atoms with Crippen molar-refractivity contribution >= 4 is 11.7 Å². The molecule has 0 heterocycles. The largest absolute Gasteiger partial charge is 0.490 e. The zero-order valence-electron chi connectivity index (χ0n) is 14.6. The van der Waals surface area contributed by atoms with Crippen LogP contribution in [0.2, 0.25) is 0 Å². The van der Waals surface area contributed by atoms with Gasteiger partial charge in [-0.1, -0.05) is 0 Å². The Bertz CT molecular complexity index is 706. The van der Waals surface area contributed by atoms with E-state index < -0.39 is 0 Å². The number of nitrogens with one attached hydrogen (secondary N) is 2. The molecule has 2 aromatic carbocycles. The van der Waals surface area contributed by atoms with Gasteiger partial charge in [0.2, 0.25) is 0 Å². The molecule has 0 aliphatic heterocycles. The normalized spacial score (nSPS) is 19.5. The van der Waals surface area contributed by atoms with E-state index in [1.807, 2.05) is 24.3 Å². The molecule has 0 radical (unpaired) electrons. The van der Waals surface area contributed by atoms with Gasteiger partial charge in [-0.25, -0.2) is 0 Å². The molecule has 1 aliphatic rings. The van der Waals surface area contributed by atoms with Gasteiger partial charge in [-0.2, -0.15) is 0 Å². The van der Waals surface area contributed by atoms with Gasteiger partial charge in [-0.05, 0) is 67.8 Å². The van der Waals surface area contributed by atoms with Gasteiger partial charge < -0.3 is 20.9 Å². The van der Waals surface area contributed by atoms with Crippen molar-refractivity contribution in [1.29, 1.82) is 10.8 Å². The van der Waals surface area contributed by atoms with Gasteiger partial charge in [0, 0.05) is 17.5 Å². The Hall–Kier alpha value is -3.02. The molecule has 0 amide bonds. The Kier molecular flexibility index (Phi) is 5.41. The highest BCUT2D eigenvalue weighted by Crippen LogP contribution is 2.27. The number of rotatable bonds is 6. The van der Waals surface area contributed by atoms with Crippen LogP contribution in [0.15, 0.2) is 48.5 Å². The molecule has 26 heavy (non-hydrogen) atoms. The fourth-order valence-corrected chi connectivity index (χ4v) is 3.13. The summed E-state index contributed by atoms with van der Waals surface area (Å²) in [6, 6.07) is 14.6. The number of ether oxygens (including phenoxy) is 2. The lowest BCUT2D eigenvalue weighted by Crippen LogP contribution is -2.32. The third-order valence-corrected chi connectivity index (χ3v) is 4.51. The van der Waals surface area contributed by atoms with Gasteiger partial charge in [0.1, 0.15) is 35.4 Å². The zero-order valence-corrected chi connectivity index (χ0v) is 14.6. The fourth-order valence-electron chi connectivity index (χ4n) is 3.13.